The smallest absolute Gasteiger partial charge is 0.313 e. The van der Waals surface area contributed by atoms with Gasteiger partial charge in [0, 0.05) is 6.07 Å². The van der Waals surface area contributed by atoms with Crippen molar-refractivity contribution in [2.45, 2.75) is 12.7 Å². The van der Waals surface area contributed by atoms with E-state index in [-0.39, 0.29) is 17.3 Å². The van der Waals surface area contributed by atoms with Crippen LogP contribution in [0.15, 0.2) is 42.5 Å². The van der Waals surface area contributed by atoms with Crippen LogP contribution in [0.2, 0.25) is 0 Å². The number of aryl methyl sites for hydroxylation is 1. The molecule has 0 aliphatic carbocycles. The van der Waals surface area contributed by atoms with Crippen LogP contribution >= 0.6 is 0 Å². The molecule has 0 amide bonds. The Balaban J connectivity index is 2.24. The number of nitriles is 1. The quantitative estimate of drug-likeness (QED) is 0.793. The van der Waals surface area contributed by atoms with Crippen LogP contribution in [-0.2, 0) is 15.9 Å². The first-order chi connectivity index (χ1) is 10.4. The molecule has 0 aromatic heterocycles. The molecule has 0 spiro atoms. The van der Waals surface area contributed by atoms with Crippen molar-refractivity contribution in [3.8, 4) is 17.6 Å². The van der Waals surface area contributed by atoms with E-state index in [9.17, 15) is 8.42 Å². The highest BCUT2D eigenvalue weighted by molar-refractivity contribution is 7.86. The van der Waals surface area contributed by atoms with Gasteiger partial charge in [0.2, 0.25) is 0 Å². The Labute approximate surface area is 129 Å². The summed E-state index contributed by atoms with van der Waals surface area (Å²) in [4.78, 5) is 0. The molecule has 0 saturated heterocycles. The average Bonchev–Trinajstić information content (AvgIpc) is 2.46. The highest BCUT2D eigenvalue weighted by atomic mass is 32.2. The molecule has 0 aliphatic rings. The number of ether oxygens (including phenoxy) is 1. The monoisotopic (exact) mass is 317 g/mol. The molecule has 5 nitrogen and oxygen atoms in total. The van der Waals surface area contributed by atoms with E-state index < -0.39 is 10.1 Å². The van der Waals surface area contributed by atoms with Crippen molar-refractivity contribution >= 4 is 10.1 Å². The van der Waals surface area contributed by atoms with Gasteiger partial charge < -0.3 is 8.92 Å². The molecule has 2 rings (SSSR count). The van der Waals surface area contributed by atoms with E-state index in [0.717, 1.165) is 5.56 Å². The molecule has 0 bridgehead atoms. The van der Waals surface area contributed by atoms with Gasteiger partial charge in [-0.1, -0.05) is 29.8 Å². The number of nitrogens with zero attached hydrogens (tertiary/aromatic N) is 1. The van der Waals surface area contributed by atoms with Gasteiger partial charge in [-0.3, -0.25) is 0 Å². The third-order valence-corrected chi connectivity index (χ3v) is 4.06. The lowest BCUT2D eigenvalue weighted by Crippen LogP contribution is -2.12. The SMILES string of the molecule is COc1cc(C#N)ccc1OS(=O)(=O)Cc1cccc(C)c1. The van der Waals surface area contributed by atoms with Gasteiger partial charge in [0.25, 0.3) is 0 Å². The topological polar surface area (TPSA) is 76.4 Å². The number of benzene rings is 2. The largest absolute Gasteiger partial charge is 0.493 e. The van der Waals surface area contributed by atoms with Gasteiger partial charge in [0.1, 0.15) is 5.75 Å². The van der Waals surface area contributed by atoms with E-state index in [1.165, 1.54) is 25.3 Å². The van der Waals surface area contributed by atoms with Gasteiger partial charge in [-0.15, -0.1) is 0 Å². The van der Waals surface area contributed by atoms with Crippen molar-refractivity contribution in [1.29, 1.82) is 5.26 Å². The summed E-state index contributed by atoms with van der Waals surface area (Å²) in [6, 6.07) is 13.5. The Kier molecular flexibility index (Phi) is 4.68. The first-order valence-corrected chi connectivity index (χ1v) is 8.07. The molecule has 0 atom stereocenters. The van der Waals surface area contributed by atoms with Crippen LogP contribution in [0.4, 0.5) is 0 Å². The van der Waals surface area contributed by atoms with Gasteiger partial charge >= 0.3 is 10.1 Å². The molecule has 2 aromatic carbocycles. The Morgan fingerprint density at radius 2 is 1.91 bits per heavy atom. The van der Waals surface area contributed by atoms with E-state index in [2.05, 4.69) is 0 Å². The molecule has 0 heterocycles. The fraction of sp³-hybridized carbons (Fsp3) is 0.188. The molecule has 0 fully saturated rings. The third-order valence-electron chi connectivity index (χ3n) is 2.94. The molecule has 2 aromatic rings. The summed E-state index contributed by atoms with van der Waals surface area (Å²) in [5.41, 5.74) is 1.98. The van der Waals surface area contributed by atoms with Crippen LogP contribution in [0.3, 0.4) is 0 Å². The number of rotatable bonds is 5. The summed E-state index contributed by atoms with van der Waals surface area (Å²) in [5.74, 6) is 0.0266. The molecule has 0 N–H and O–H groups in total. The predicted molar refractivity (Wildman–Crippen MR) is 82.1 cm³/mol. The Bertz CT molecular complexity index is 822. The standard InChI is InChI=1S/C16H15NO4S/c1-12-4-3-5-14(8-12)11-22(18,19)21-15-7-6-13(10-17)9-16(15)20-2/h3-9H,11H2,1-2H3. The zero-order valence-corrected chi connectivity index (χ0v) is 13.1. The summed E-state index contributed by atoms with van der Waals surface area (Å²) in [6.45, 7) is 1.89. The van der Waals surface area contributed by atoms with Crippen molar-refractivity contribution < 1.29 is 17.3 Å². The van der Waals surface area contributed by atoms with Crippen LogP contribution in [0.5, 0.6) is 11.5 Å². The second-order valence-corrected chi connectivity index (χ2v) is 6.32. The average molecular weight is 317 g/mol. The van der Waals surface area contributed by atoms with E-state index in [1.807, 2.05) is 19.1 Å². The molecular weight excluding hydrogens is 302 g/mol. The minimum atomic E-state index is -3.82. The van der Waals surface area contributed by atoms with Gasteiger partial charge in [0.05, 0.1) is 18.7 Å². The third kappa shape index (κ3) is 3.99. The van der Waals surface area contributed by atoms with Crippen LogP contribution in [0, 0.1) is 18.3 Å². The molecule has 22 heavy (non-hydrogen) atoms. The van der Waals surface area contributed by atoms with Crippen molar-refractivity contribution in [3.05, 3.63) is 59.2 Å². The maximum Gasteiger partial charge on any atom is 0.313 e. The van der Waals surface area contributed by atoms with Crippen molar-refractivity contribution in [2.75, 3.05) is 7.11 Å². The molecule has 6 heteroatoms. The van der Waals surface area contributed by atoms with E-state index in [4.69, 9.17) is 14.2 Å². The van der Waals surface area contributed by atoms with Crippen LogP contribution in [-0.4, -0.2) is 15.5 Å². The number of methoxy groups -OCH3 is 1. The van der Waals surface area contributed by atoms with E-state index >= 15 is 0 Å². The number of hydrogen-bond donors (Lipinski definition) is 0. The van der Waals surface area contributed by atoms with Gasteiger partial charge in [0.15, 0.2) is 11.5 Å². The Morgan fingerprint density at radius 1 is 1.14 bits per heavy atom. The minimum absolute atomic E-state index is 0.0640. The molecule has 0 radical (unpaired) electrons. The maximum atomic E-state index is 12.2. The minimum Gasteiger partial charge on any atom is -0.493 e. The van der Waals surface area contributed by atoms with Crippen LogP contribution in [0.1, 0.15) is 16.7 Å². The second-order valence-electron chi connectivity index (χ2n) is 4.75. The predicted octanol–water partition coefficient (Wildman–Crippen LogP) is 2.78. The van der Waals surface area contributed by atoms with Gasteiger partial charge in [-0.25, -0.2) is 0 Å². The van der Waals surface area contributed by atoms with Crippen LogP contribution < -0.4 is 8.92 Å². The fourth-order valence-electron chi connectivity index (χ4n) is 1.98. The van der Waals surface area contributed by atoms with Crippen molar-refractivity contribution in [1.82, 2.24) is 0 Å². The first-order valence-electron chi connectivity index (χ1n) is 6.49. The molecule has 0 unspecified atom stereocenters. The summed E-state index contributed by atoms with van der Waals surface area (Å²) in [7, 11) is -2.43. The zero-order valence-electron chi connectivity index (χ0n) is 12.2. The molecule has 0 aliphatic heterocycles. The summed E-state index contributed by atoms with van der Waals surface area (Å²) in [6.07, 6.45) is 0. The number of hydrogen-bond acceptors (Lipinski definition) is 5. The second kappa shape index (κ2) is 6.50. The fourth-order valence-corrected chi connectivity index (χ4v) is 3.04. The highest BCUT2D eigenvalue weighted by Crippen LogP contribution is 2.29. The summed E-state index contributed by atoms with van der Waals surface area (Å²) >= 11 is 0. The first kappa shape index (κ1) is 15.9. The molecule has 114 valence electrons. The van der Waals surface area contributed by atoms with Crippen LogP contribution in [0.25, 0.3) is 0 Å². The lowest BCUT2D eigenvalue weighted by Gasteiger charge is -2.11. The molecule has 0 saturated carbocycles. The summed E-state index contributed by atoms with van der Waals surface area (Å²) in [5, 5.41) is 8.84. The van der Waals surface area contributed by atoms with Gasteiger partial charge in [-0.2, -0.15) is 13.7 Å². The lowest BCUT2D eigenvalue weighted by molar-refractivity contribution is 0.390. The Hall–Kier alpha value is -2.52. The Morgan fingerprint density at radius 3 is 2.55 bits per heavy atom. The summed E-state index contributed by atoms with van der Waals surface area (Å²) < 4.78 is 34.5. The van der Waals surface area contributed by atoms with Crippen molar-refractivity contribution in [3.63, 3.8) is 0 Å². The highest BCUT2D eigenvalue weighted by Gasteiger charge is 2.17. The molecular formula is C16H15NO4S. The maximum absolute atomic E-state index is 12.2. The van der Waals surface area contributed by atoms with E-state index in [0.29, 0.717) is 11.1 Å². The van der Waals surface area contributed by atoms with Gasteiger partial charge in [-0.05, 0) is 24.6 Å². The van der Waals surface area contributed by atoms with Crippen molar-refractivity contribution in [2.24, 2.45) is 0 Å². The lowest BCUT2D eigenvalue weighted by atomic mass is 10.2. The zero-order chi connectivity index (χ0) is 16.2. The van der Waals surface area contributed by atoms with E-state index in [1.54, 1.807) is 18.2 Å². The normalized spacial score (nSPS) is 10.8.